The molecule has 0 unspecified atom stereocenters. The maximum absolute atomic E-state index is 12.3. The van der Waals surface area contributed by atoms with Crippen molar-refractivity contribution in [1.82, 2.24) is 0 Å². The average molecular weight is 405 g/mol. The highest BCUT2D eigenvalue weighted by molar-refractivity contribution is 6.31. The second-order valence-corrected chi connectivity index (χ2v) is 6.53. The number of nitriles is 1. The van der Waals surface area contributed by atoms with Gasteiger partial charge in [0, 0.05) is 16.3 Å². The van der Waals surface area contributed by atoms with Crippen LogP contribution in [0.2, 0.25) is 5.02 Å². The lowest BCUT2D eigenvalue weighted by Gasteiger charge is -2.08. The molecule has 0 saturated carbocycles. The van der Waals surface area contributed by atoms with Crippen molar-refractivity contribution in [3.63, 3.8) is 0 Å². The number of aromatic hydroxyl groups is 1. The van der Waals surface area contributed by atoms with E-state index in [4.69, 9.17) is 16.3 Å². The molecule has 2 N–H and O–H groups in total. The summed E-state index contributed by atoms with van der Waals surface area (Å²) in [6.07, 6.45) is 1.49. The van der Waals surface area contributed by atoms with Gasteiger partial charge in [0.2, 0.25) is 0 Å². The summed E-state index contributed by atoms with van der Waals surface area (Å²) in [7, 11) is 0. The van der Waals surface area contributed by atoms with Crippen LogP contribution in [0.4, 0.5) is 5.69 Å². The van der Waals surface area contributed by atoms with Crippen LogP contribution in [0.5, 0.6) is 11.5 Å². The van der Waals surface area contributed by atoms with E-state index in [9.17, 15) is 15.2 Å². The first-order chi connectivity index (χ1) is 14.0. The van der Waals surface area contributed by atoms with Gasteiger partial charge < -0.3 is 15.2 Å². The highest BCUT2D eigenvalue weighted by atomic mass is 35.5. The number of carbonyl (C=O) groups is 1. The fourth-order valence-corrected chi connectivity index (χ4v) is 2.69. The molecule has 0 aliphatic heterocycles. The van der Waals surface area contributed by atoms with Crippen molar-refractivity contribution in [1.29, 1.82) is 5.26 Å². The zero-order valence-electron chi connectivity index (χ0n) is 15.3. The predicted molar refractivity (Wildman–Crippen MR) is 113 cm³/mol. The topological polar surface area (TPSA) is 82.3 Å². The van der Waals surface area contributed by atoms with Crippen LogP contribution in [0.15, 0.2) is 78.4 Å². The Balaban J connectivity index is 1.65. The Bertz CT molecular complexity index is 1070. The first-order valence-corrected chi connectivity index (χ1v) is 9.11. The Hall–Kier alpha value is -3.75. The highest BCUT2D eigenvalue weighted by Crippen LogP contribution is 2.20. The summed E-state index contributed by atoms with van der Waals surface area (Å²) < 4.78 is 5.73. The molecule has 0 fully saturated rings. The molecule has 0 spiro atoms. The fraction of sp³-hybridized carbons (Fsp3) is 0.0435. The minimum atomic E-state index is -0.530. The van der Waals surface area contributed by atoms with Gasteiger partial charge in [-0.3, -0.25) is 4.79 Å². The third kappa shape index (κ3) is 5.61. The van der Waals surface area contributed by atoms with Gasteiger partial charge >= 0.3 is 0 Å². The number of rotatable bonds is 6. The second-order valence-electron chi connectivity index (χ2n) is 6.12. The lowest BCUT2D eigenvalue weighted by atomic mass is 10.1. The van der Waals surface area contributed by atoms with Crippen LogP contribution in [-0.4, -0.2) is 11.0 Å². The molecule has 0 bridgehead atoms. The van der Waals surface area contributed by atoms with E-state index in [1.807, 2.05) is 24.3 Å². The molecule has 29 heavy (non-hydrogen) atoms. The van der Waals surface area contributed by atoms with Crippen LogP contribution in [0.3, 0.4) is 0 Å². The number of hydrogen-bond acceptors (Lipinski definition) is 4. The van der Waals surface area contributed by atoms with E-state index < -0.39 is 5.91 Å². The fourth-order valence-electron chi connectivity index (χ4n) is 2.50. The van der Waals surface area contributed by atoms with Crippen LogP contribution in [-0.2, 0) is 11.4 Å². The van der Waals surface area contributed by atoms with Crippen molar-refractivity contribution in [3.8, 4) is 17.6 Å². The van der Waals surface area contributed by atoms with Gasteiger partial charge in [-0.2, -0.15) is 5.26 Å². The zero-order chi connectivity index (χ0) is 20.6. The molecule has 0 aromatic heterocycles. The normalized spacial score (nSPS) is 10.8. The number of nitrogens with zero attached hydrogens (tertiary/aromatic N) is 1. The number of amides is 1. The third-order valence-electron chi connectivity index (χ3n) is 4.03. The number of carbonyl (C=O) groups excluding carboxylic acids is 1. The molecule has 3 aromatic rings. The van der Waals surface area contributed by atoms with Crippen LogP contribution in [0.25, 0.3) is 6.08 Å². The summed E-state index contributed by atoms with van der Waals surface area (Å²) >= 11 is 6.12. The summed E-state index contributed by atoms with van der Waals surface area (Å²) in [5.41, 5.74) is 2.02. The van der Waals surface area contributed by atoms with Crippen LogP contribution < -0.4 is 10.1 Å². The molecule has 3 aromatic carbocycles. The minimum absolute atomic E-state index is 0.0391. The van der Waals surface area contributed by atoms with Gasteiger partial charge in [0.05, 0.1) is 0 Å². The number of phenolic OH excluding ortho intramolecular Hbond substituents is 1. The number of anilines is 1. The number of ether oxygens (including phenoxy) is 1. The van der Waals surface area contributed by atoms with Crippen LogP contribution in [0, 0.1) is 11.3 Å². The predicted octanol–water partition coefficient (Wildman–Crippen LogP) is 5.17. The molecule has 0 radical (unpaired) electrons. The monoisotopic (exact) mass is 404 g/mol. The summed E-state index contributed by atoms with van der Waals surface area (Å²) in [5.74, 6) is 0.210. The first kappa shape index (κ1) is 20.0. The van der Waals surface area contributed by atoms with E-state index in [2.05, 4.69) is 5.32 Å². The summed E-state index contributed by atoms with van der Waals surface area (Å²) in [5, 5.41) is 21.9. The molecule has 3 rings (SSSR count). The third-order valence-corrected chi connectivity index (χ3v) is 4.40. The van der Waals surface area contributed by atoms with Gasteiger partial charge in [0.1, 0.15) is 29.7 Å². The van der Waals surface area contributed by atoms with Gasteiger partial charge in [0.25, 0.3) is 5.91 Å². The largest absolute Gasteiger partial charge is 0.508 e. The van der Waals surface area contributed by atoms with Crippen molar-refractivity contribution in [2.45, 2.75) is 6.61 Å². The highest BCUT2D eigenvalue weighted by Gasteiger charge is 2.10. The van der Waals surface area contributed by atoms with E-state index in [1.165, 1.54) is 18.2 Å². The zero-order valence-corrected chi connectivity index (χ0v) is 16.1. The van der Waals surface area contributed by atoms with Gasteiger partial charge in [-0.05, 0) is 54.1 Å². The summed E-state index contributed by atoms with van der Waals surface area (Å²) in [6.45, 7) is 0.341. The first-order valence-electron chi connectivity index (χ1n) is 8.73. The van der Waals surface area contributed by atoms with Crippen molar-refractivity contribution >= 4 is 29.3 Å². The molecule has 0 saturated heterocycles. The van der Waals surface area contributed by atoms with Crippen molar-refractivity contribution in [2.75, 3.05) is 5.32 Å². The smallest absolute Gasteiger partial charge is 0.266 e. The maximum Gasteiger partial charge on any atom is 0.266 e. The molecular weight excluding hydrogens is 388 g/mol. The lowest BCUT2D eigenvalue weighted by molar-refractivity contribution is -0.112. The molecule has 5 nitrogen and oxygen atoms in total. The number of hydrogen-bond donors (Lipinski definition) is 2. The standard InChI is InChI=1S/C23H17ClN2O3/c24-22-4-2-1-3-17(22)15-29-21-11-5-16(6-12-21)13-18(14-25)23(28)26-19-7-9-20(27)10-8-19/h1-13,27H,15H2,(H,26,28)/b18-13+. The van der Waals surface area contributed by atoms with Crippen molar-refractivity contribution < 1.29 is 14.6 Å². The Morgan fingerprint density at radius 1 is 1.07 bits per heavy atom. The molecule has 6 heteroatoms. The van der Waals surface area contributed by atoms with Gasteiger partial charge in [-0.1, -0.05) is 41.9 Å². The number of benzene rings is 3. The van der Waals surface area contributed by atoms with E-state index in [1.54, 1.807) is 42.5 Å². The van der Waals surface area contributed by atoms with Gasteiger partial charge in [0.15, 0.2) is 0 Å². The summed E-state index contributed by atoms with van der Waals surface area (Å²) in [6, 6.07) is 22.4. The van der Waals surface area contributed by atoms with E-state index in [0.717, 1.165) is 5.56 Å². The minimum Gasteiger partial charge on any atom is -0.508 e. The Morgan fingerprint density at radius 3 is 2.41 bits per heavy atom. The van der Waals surface area contributed by atoms with E-state index in [-0.39, 0.29) is 11.3 Å². The van der Waals surface area contributed by atoms with Crippen LogP contribution >= 0.6 is 11.6 Å². The average Bonchev–Trinajstić information content (AvgIpc) is 2.74. The number of nitrogens with one attached hydrogen (secondary N) is 1. The van der Waals surface area contributed by atoms with Crippen molar-refractivity contribution in [2.24, 2.45) is 0 Å². The molecule has 1 amide bonds. The summed E-state index contributed by atoms with van der Waals surface area (Å²) in [4.78, 5) is 12.3. The van der Waals surface area contributed by atoms with E-state index in [0.29, 0.717) is 28.6 Å². The van der Waals surface area contributed by atoms with Gasteiger partial charge in [-0.25, -0.2) is 0 Å². The molecular formula is C23H17ClN2O3. The second kappa shape index (κ2) is 9.45. The Kier molecular flexibility index (Phi) is 6.51. The van der Waals surface area contributed by atoms with Gasteiger partial charge in [-0.15, -0.1) is 0 Å². The lowest BCUT2D eigenvalue weighted by Crippen LogP contribution is -2.13. The Labute approximate surface area is 173 Å². The van der Waals surface area contributed by atoms with E-state index >= 15 is 0 Å². The SMILES string of the molecule is N#C/C(=C\c1ccc(OCc2ccccc2Cl)cc1)C(=O)Nc1ccc(O)cc1. The number of halogens is 1. The molecule has 0 heterocycles. The quantitative estimate of drug-likeness (QED) is 0.337. The van der Waals surface area contributed by atoms with Crippen molar-refractivity contribution in [3.05, 3.63) is 94.5 Å². The van der Waals surface area contributed by atoms with Crippen LogP contribution in [0.1, 0.15) is 11.1 Å². The number of phenols is 1. The Morgan fingerprint density at radius 2 is 1.76 bits per heavy atom. The molecule has 0 aliphatic rings. The molecule has 0 aliphatic carbocycles. The maximum atomic E-state index is 12.3. The molecule has 144 valence electrons. The molecule has 0 atom stereocenters.